The lowest BCUT2D eigenvalue weighted by molar-refractivity contribution is -0.385. The van der Waals surface area contributed by atoms with Gasteiger partial charge in [0, 0.05) is 25.4 Å². The van der Waals surface area contributed by atoms with Crippen LogP contribution in [0.2, 0.25) is 0 Å². The normalized spacial score (nSPS) is 9.74. The van der Waals surface area contributed by atoms with Gasteiger partial charge < -0.3 is 20.5 Å². The fourth-order valence-corrected chi connectivity index (χ4v) is 1.38. The minimum Gasteiger partial charge on any atom is -0.530 e. The number of pyridine rings is 1. The second-order valence-electron chi connectivity index (χ2n) is 3.53. The Bertz CT molecular complexity index is 517. The van der Waals surface area contributed by atoms with Crippen LogP contribution in [0.15, 0.2) is 12.3 Å². The largest absolute Gasteiger partial charge is 0.530 e. The first-order valence-electron chi connectivity index (χ1n) is 5.26. The number of nitrogens with zero attached hydrogens (tertiary/aromatic N) is 2. The van der Waals surface area contributed by atoms with Crippen LogP contribution in [0.3, 0.4) is 0 Å². The van der Waals surface area contributed by atoms with E-state index in [0.717, 1.165) is 0 Å². The topological polar surface area (TPSA) is 137 Å². The zero-order valence-corrected chi connectivity index (χ0v) is 10.0. The molecule has 0 atom stereocenters. The molecule has 0 aliphatic carbocycles. The molecule has 1 rings (SSSR count). The second kappa shape index (κ2) is 6.28. The van der Waals surface area contributed by atoms with Gasteiger partial charge in [0.15, 0.2) is 0 Å². The molecule has 0 spiro atoms. The third-order valence-corrected chi connectivity index (χ3v) is 2.27. The first kappa shape index (κ1) is 14.4. The van der Waals surface area contributed by atoms with Crippen LogP contribution in [0.4, 0.5) is 10.5 Å². The van der Waals surface area contributed by atoms with Crippen LogP contribution in [-0.4, -0.2) is 35.0 Å². The number of carbonyl (C=O) groups excluding carboxylic acids is 2. The molecule has 19 heavy (non-hydrogen) atoms. The lowest BCUT2D eigenvalue weighted by atomic mass is 10.1. The molecule has 0 aliphatic rings. The van der Waals surface area contributed by atoms with E-state index >= 15 is 0 Å². The highest BCUT2D eigenvalue weighted by Gasteiger charge is 2.18. The van der Waals surface area contributed by atoms with E-state index in [1.54, 1.807) is 0 Å². The molecule has 1 heterocycles. The minimum atomic E-state index is -1.45. The fourth-order valence-electron chi connectivity index (χ4n) is 1.38. The Morgan fingerprint density at radius 1 is 1.37 bits per heavy atom. The molecule has 1 aromatic heterocycles. The van der Waals surface area contributed by atoms with Gasteiger partial charge in [-0.2, -0.15) is 0 Å². The van der Waals surface area contributed by atoms with Gasteiger partial charge in [-0.15, -0.1) is 0 Å². The molecule has 1 aromatic rings. The van der Waals surface area contributed by atoms with E-state index in [1.165, 1.54) is 19.2 Å². The second-order valence-corrected chi connectivity index (χ2v) is 3.53. The Balaban J connectivity index is 2.70. The Morgan fingerprint density at radius 3 is 2.58 bits per heavy atom. The van der Waals surface area contributed by atoms with Gasteiger partial charge in [0.25, 0.3) is 11.6 Å². The maximum Gasteiger partial charge on any atom is 0.276 e. The van der Waals surface area contributed by atoms with Crippen LogP contribution in [0.25, 0.3) is 0 Å². The molecule has 9 nitrogen and oxygen atoms in total. The summed E-state index contributed by atoms with van der Waals surface area (Å²) in [7, 11) is 0. The summed E-state index contributed by atoms with van der Waals surface area (Å²) >= 11 is 0. The van der Waals surface area contributed by atoms with Crippen LogP contribution in [-0.2, 0) is 0 Å². The summed E-state index contributed by atoms with van der Waals surface area (Å²) in [5.74, 6) is -0.610. The van der Waals surface area contributed by atoms with Gasteiger partial charge >= 0.3 is 0 Å². The quantitative estimate of drug-likeness (QED) is 0.397. The number of amides is 2. The molecule has 102 valence electrons. The molecule has 0 fully saturated rings. The van der Waals surface area contributed by atoms with Crippen molar-refractivity contribution in [2.75, 3.05) is 13.1 Å². The molecule has 2 amide bonds. The van der Waals surface area contributed by atoms with Gasteiger partial charge in [-0.3, -0.25) is 19.9 Å². The first-order chi connectivity index (χ1) is 8.93. The number of nitro groups is 1. The van der Waals surface area contributed by atoms with E-state index in [-0.39, 0.29) is 30.0 Å². The van der Waals surface area contributed by atoms with Gasteiger partial charge in [0.2, 0.25) is 0 Å². The highest BCUT2D eigenvalue weighted by atomic mass is 16.6. The standard InChI is InChI=1S/C10H12N4O5/c1-6-7(14(18)19)2-3-11-8(6)9(15)12-4-5-13-10(16)17/h2-3,13H,4-5H2,1H3,(H,12,15)(H,16,17)/p-1. The molecular weight excluding hydrogens is 256 g/mol. The molecule has 0 saturated heterocycles. The number of hydrogen-bond acceptors (Lipinski definition) is 6. The van der Waals surface area contributed by atoms with Crippen LogP contribution in [0, 0.1) is 17.0 Å². The van der Waals surface area contributed by atoms with Crippen molar-refractivity contribution in [2.24, 2.45) is 0 Å². The molecule has 0 radical (unpaired) electrons. The summed E-state index contributed by atoms with van der Waals surface area (Å²) in [6.45, 7) is 1.41. The molecule has 0 aliphatic heterocycles. The predicted octanol–water partition coefficient (Wildman–Crippen LogP) is -1.04. The number of hydrogen-bond donors (Lipinski definition) is 2. The molecule has 0 aromatic carbocycles. The van der Waals surface area contributed by atoms with E-state index in [1.807, 2.05) is 5.32 Å². The number of carboxylic acid groups (broad SMARTS) is 1. The van der Waals surface area contributed by atoms with E-state index in [9.17, 15) is 24.8 Å². The molecule has 0 saturated carbocycles. The van der Waals surface area contributed by atoms with Crippen molar-refractivity contribution in [1.82, 2.24) is 15.6 Å². The Hall–Kier alpha value is -2.71. The highest BCUT2D eigenvalue weighted by molar-refractivity contribution is 5.94. The van der Waals surface area contributed by atoms with Gasteiger partial charge in [-0.1, -0.05) is 0 Å². The van der Waals surface area contributed by atoms with Gasteiger partial charge in [0.1, 0.15) is 11.8 Å². The first-order valence-corrected chi connectivity index (χ1v) is 5.26. The van der Waals surface area contributed by atoms with Gasteiger partial charge in [-0.05, 0) is 6.92 Å². The number of rotatable bonds is 5. The van der Waals surface area contributed by atoms with Crippen molar-refractivity contribution in [1.29, 1.82) is 0 Å². The van der Waals surface area contributed by atoms with Crippen LogP contribution >= 0.6 is 0 Å². The summed E-state index contributed by atoms with van der Waals surface area (Å²) in [6, 6.07) is 1.20. The number of aromatic nitrogens is 1. The fraction of sp³-hybridized carbons (Fsp3) is 0.300. The minimum absolute atomic E-state index is 0.0244. The summed E-state index contributed by atoms with van der Waals surface area (Å²) in [5, 5.41) is 25.1. The lowest BCUT2D eigenvalue weighted by Gasteiger charge is -2.08. The van der Waals surface area contributed by atoms with Crippen molar-refractivity contribution in [2.45, 2.75) is 6.92 Å². The van der Waals surface area contributed by atoms with E-state index in [4.69, 9.17) is 0 Å². The SMILES string of the molecule is Cc1c([N+](=O)[O-])ccnc1C(=O)NCCNC(=O)[O-]. The third-order valence-electron chi connectivity index (χ3n) is 2.27. The Morgan fingerprint density at radius 2 is 2.00 bits per heavy atom. The highest BCUT2D eigenvalue weighted by Crippen LogP contribution is 2.18. The Kier molecular flexibility index (Phi) is 4.75. The molecule has 2 N–H and O–H groups in total. The Labute approximate surface area is 107 Å². The lowest BCUT2D eigenvalue weighted by Crippen LogP contribution is -2.41. The molecule has 0 bridgehead atoms. The smallest absolute Gasteiger partial charge is 0.276 e. The van der Waals surface area contributed by atoms with Crippen molar-refractivity contribution < 1.29 is 19.6 Å². The monoisotopic (exact) mass is 267 g/mol. The van der Waals surface area contributed by atoms with E-state index in [2.05, 4.69) is 10.3 Å². The van der Waals surface area contributed by atoms with E-state index < -0.39 is 16.9 Å². The summed E-state index contributed by atoms with van der Waals surface area (Å²) in [4.78, 5) is 35.6. The summed E-state index contributed by atoms with van der Waals surface area (Å²) in [6.07, 6.45) is -0.279. The van der Waals surface area contributed by atoms with Crippen molar-refractivity contribution >= 4 is 17.7 Å². The average Bonchev–Trinajstić information content (AvgIpc) is 2.34. The van der Waals surface area contributed by atoms with Crippen LogP contribution in [0.5, 0.6) is 0 Å². The van der Waals surface area contributed by atoms with Gasteiger partial charge in [0.05, 0.1) is 10.5 Å². The van der Waals surface area contributed by atoms with Crippen molar-refractivity contribution in [3.05, 3.63) is 33.6 Å². The average molecular weight is 267 g/mol. The maximum atomic E-state index is 11.7. The van der Waals surface area contributed by atoms with Crippen molar-refractivity contribution in [3.8, 4) is 0 Å². The molecule has 9 heteroatoms. The third kappa shape index (κ3) is 3.91. The zero-order valence-electron chi connectivity index (χ0n) is 10.0. The van der Waals surface area contributed by atoms with Gasteiger partial charge in [-0.25, -0.2) is 0 Å². The van der Waals surface area contributed by atoms with E-state index in [0.29, 0.717) is 0 Å². The number of carbonyl (C=O) groups is 2. The maximum absolute atomic E-state index is 11.7. The molecular formula is C10H11N4O5-. The number of nitrogens with one attached hydrogen (secondary N) is 2. The molecule has 0 unspecified atom stereocenters. The van der Waals surface area contributed by atoms with Crippen LogP contribution in [0.1, 0.15) is 16.1 Å². The van der Waals surface area contributed by atoms with Crippen LogP contribution < -0.4 is 15.7 Å². The summed E-state index contributed by atoms with van der Waals surface area (Å²) in [5.41, 5.74) is -0.117. The van der Waals surface area contributed by atoms with Crippen molar-refractivity contribution in [3.63, 3.8) is 0 Å². The zero-order chi connectivity index (χ0) is 14.4. The summed E-state index contributed by atoms with van der Waals surface area (Å²) < 4.78 is 0. The predicted molar refractivity (Wildman–Crippen MR) is 61.4 cm³/mol.